The normalized spacial score (nSPS) is 43.4. The van der Waals surface area contributed by atoms with Crippen molar-refractivity contribution in [2.45, 2.75) is 44.6 Å². The van der Waals surface area contributed by atoms with Crippen molar-refractivity contribution in [3.05, 3.63) is 0 Å². The molecule has 11 heavy (non-hydrogen) atoms. The molecule has 0 radical (unpaired) electrons. The zero-order valence-corrected chi connectivity index (χ0v) is 6.93. The number of hydrogen-bond donors (Lipinski definition) is 0. The van der Waals surface area contributed by atoms with Crippen molar-refractivity contribution >= 4 is 5.97 Å². The lowest BCUT2D eigenvalue weighted by Gasteiger charge is -2.33. The van der Waals surface area contributed by atoms with E-state index in [9.17, 15) is 4.79 Å². The van der Waals surface area contributed by atoms with E-state index in [1.54, 1.807) is 0 Å². The Morgan fingerprint density at radius 2 is 2.36 bits per heavy atom. The number of fused-ring (bicyclic) bond motifs is 1. The molecule has 0 aromatic heterocycles. The summed E-state index contributed by atoms with van der Waals surface area (Å²) in [4.78, 5) is 11.0. The van der Waals surface area contributed by atoms with Crippen LogP contribution in [0.4, 0.5) is 0 Å². The number of rotatable bonds is 0. The number of ether oxygens (including phenoxy) is 1. The second-order valence-electron chi connectivity index (χ2n) is 3.93. The van der Waals surface area contributed by atoms with E-state index in [1.165, 1.54) is 19.3 Å². The van der Waals surface area contributed by atoms with Gasteiger partial charge < -0.3 is 4.74 Å². The maximum Gasteiger partial charge on any atom is 0.306 e. The summed E-state index contributed by atoms with van der Waals surface area (Å²) in [5, 5.41) is 0. The van der Waals surface area contributed by atoms with Crippen molar-refractivity contribution in [2.24, 2.45) is 5.92 Å². The highest BCUT2D eigenvalue weighted by molar-refractivity contribution is 5.72. The highest BCUT2D eigenvalue weighted by atomic mass is 16.6. The Kier molecular flexibility index (Phi) is 1.44. The van der Waals surface area contributed by atoms with Crippen LogP contribution in [0, 0.1) is 5.92 Å². The van der Waals surface area contributed by atoms with Gasteiger partial charge in [0.25, 0.3) is 0 Å². The molecule has 2 rings (SSSR count). The minimum atomic E-state index is -0.0880. The molecule has 0 aromatic carbocycles. The van der Waals surface area contributed by atoms with E-state index in [-0.39, 0.29) is 11.6 Å². The third kappa shape index (κ3) is 1.05. The largest absolute Gasteiger partial charge is 0.459 e. The highest BCUT2D eigenvalue weighted by Gasteiger charge is 2.46. The van der Waals surface area contributed by atoms with Crippen LogP contribution in [0.15, 0.2) is 0 Å². The minimum Gasteiger partial charge on any atom is -0.459 e. The van der Waals surface area contributed by atoms with Crippen molar-refractivity contribution in [3.8, 4) is 0 Å². The summed E-state index contributed by atoms with van der Waals surface area (Å²) in [6, 6.07) is 0. The predicted octanol–water partition coefficient (Wildman–Crippen LogP) is 1.88. The lowest BCUT2D eigenvalue weighted by molar-refractivity contribution is -0.149. The van der Waals surface area contributed by atoms with E-state index in [2.05, 4.69) is 6.92 Å². The van der Waals surface area contributed by atoms with Crippen molar-refractivity contribution in [1.29, 1.82) is 0 Å². The van der Waals surface area contributed by atoms with Crippen LogP contribution in [0.1, 0.15) is 39.0 Å². The molecule has 2 atom stereocenters. The van der Waals surface area contributed by atoms with Gasteiger partial charge in [-0.25, -0.2) is 0 Å². The van der Waals surface area contributed by atoms with Crippen LogP contribution in [-0.4, -0.2) is 11.6 Å². The molecule has 62 valence electrons. The molecule has 1 aliphatic heterocycles. The summed E-state index contributed by atoms with van der Waals surface area (Å²) in [5.74, 6) is 0.531. The second-order valence-corrected chi connectivity index (χ2v) is 3.93. The maximum absolute atomic E-state index is 11.0. The van der Waals surface area contributed by atoms with Gasteiger partial charge >= 0.3 is 5.97 Å². The van der Waals surface area contributed by atoms with E-state index >= 15 is 0 Å². The molecule has 2 fully saturated rings. The first-order valence-corrected chi connectivity index (χ1v) is 4.42. The summed E-state index contributed by atoms with van der Waals surface area (Å²) >= 11 is 0. The molecule has 2 nitrogen and oxygen atoms in total. The quantitative estimate of drug-likeness (QED) is 0.498. The fourth-order valence-corrected chi connectivity index (χ4v) is 2.33. The second kappa shape index (κ2) is 2.23. The molecular weight excluding hydrogens is 140 g/mol. The number of hydrogen-bond acceptors (Lipinski definition) is 2. The summed E-state index contributed by atoms with van der Waals surface area (Å²) in [5.41, 5.74) is -0.0880. The lowest BCUT2D eigenvalue weighted by Crippen LogP contribution is -2.34. The van der Waals surface area contributed by atoms with Crippen LogP contribution in [-0.2, 0) is 9.53 Å². The molecule has 0 amide bonds. The average Bonchev–Trinajstić information content (AvgIpc) is 2.22. The van der Waals surface area contributed by atoms with Crippen LogP contribution in [0.3, 0.4) is 0 Å². The van der Waals surface area contributed by atoms with Crippen LogP contribution in [0.25, 0.3) is 0 Å². The van der Waals surface area contributed by atoms with Gasteiger partial charge in [0.05, 0.1) is 6.42 Å². The first-order valence-electron chi connectivity index (χ1n) is 4.42. The van der Waals surface area contributed by atoms with Crippen LogP contribution >= 0.6 is 0 Å². The van der Waals surface area contributed by atoms with Crippen molar-refractivity contribution in [2.75, 3.05) is 0 Å². The summed E-state index contributed by atoms with van der Waals surface area (Å²) < 4.78 is 5.31. The fraction of sp³-hybridized carbons (Fsp3) is 0.889. The standard InChI is InChI=1S/C9H14O2/c1-9-5-3-2-4-7(9)6-8(10)11-9/h7H,2-6H2,1H3/t7-,9+/m1/s1. The van der Waals surface area contributed by atoms with Gasteiger partial charge in [0.15, 0.2) is 0 Å². The van der Waals surface area contributed by atoms with Gasteiger partial charge in [0, 0.05) is 5.92 Å². The van der Waals surface area contributed by atoms with Gasteiger partial charge in [-0.1, -0.05) is 6.42 Å². The first kappa shape index (κ1) is 7.14. The van der Waals surface area contributed by atoms with Gasteiger partial charge in [-0.05, 0) is 26.2 Å². The van der Waals surface area contributed by atoms with Gasteiger partial charge in [-0.15, -0.1) is 0 Å². The Bertz CT molecular complexity index is 188. The van der Waals surface area contributed by atoms with E-state index in [0.717, 1.165) is 6.42 Å². The van der Waals surface area contributed by atoms with Crippen LogP contribution < -0.4 is 0 Å². The molecular formula is C9H14O2. The molecule has 1 saturated heterocycles. The Morgan fingerprint density at radius 1 is 1.55 bits per heavy atom. The molecule has 0 aromatic rings. The van der Waals surface area contributed by atoms with Gasteiger partial charge in [-0.2, -0.15) is 0 Å². The van der Waals surface area contributed by atoms with E-state index in [1.807, 2.05) is 0 Å². The summed E-state index contributed by atoms with van der Waals surface area (Å²) in [7, 11) is 0. The monoisotopic (exact) mass is 154 g/mol. The molecule has 2 aliphatic rings. The molecule has 0 N–H and O–H groups in total. The van der Waals surface area contributed by atoms with Crippen molar-refractivity contribution < 1.29 is 9.53 Å². The zero-order chi connectivity index (χ0) is 7.90. The zero-order valence-electron chi connectivity index (χ0n) is 6.93. The Morgan fingerprint density at radius 3 is 3.09 bits per heavy atom. The summed E-state index contributed by atoms with van der Waals surface area (Å²) in [6.07, 6.45) is 5.42. The number of carbonyl (C=O) groups is 1. The van der Waals surface area contributed by atoms with Crippen molar-refractivity contribution in [1.82, 2.24) is 0 Å². The number of esters is 1. The van der Waals surface area contributed by atoms with Crippen LogP contribution in [0.5, 0.6) is 0 Å². The Hall–Kier alpha value is -0.530. The average molecular weight is 154 g/mol. The van der Waals surface area contributed by atoms with E-state index < -0.39 is 0 Å². The highest BCUT2D eigenvalue weighted by Crippen LogP contribution is 2.43. The molecule has 2 heteroatoms. The van der Waals surface area contributed by atoms with E-state index in [4.69, 9.17) is 4.74 Å². The smallest absolute Gasteiger partial charge is 0.306 e. The lowest BCUT2D eigenvalue weighted by atomic mass is 9.77. The predicted molar refractivity (Wildman–Crippen MR) is 41.1 cm³/mol. The minimum absolute atomic E-state index is 0.0133. The summed E-state index contributed by atoms with van der Waals surface area (Å²) in [6.45, 7) is 2.09. The van der Waals surface area contributed by atoms with Gasteiger partial charge in [0.2, 0.25) is 0 Å². The molecule has 0 unspecified atom stereocenters. The van der Waals surface area contributed by atoms with E-state index in [0.29, 0.717) is 12.3 Å². The molecule has 1 saturated carbocycles. The molecule has 0 spiro atoms. The molecule has 0 bridgehead atoms. The van der Waals surface area contributed by atoms with Gasteiger partial charge in [0.1, 0.15) is 5.60 Å². The first-order chi connectivity index (χ1) is 5.21. The molecule has 1 heterocycles. The fourth-order valence-electron chi connectivity index (χ4n) is 2.33. The maximum atomic E-state index is 11.0. The Labute approximate surface area is 66.9 Å². The third-order valence-electron chi connectivity index (χ3n) is 3.10. The topological polar surface area (TPSA) is 26.3 Å². The SMILES string of the molecule is C[C@]12CCCC[C@@H]1CC(=O)O2. The number of carbonyl (C=O) groups excluding carboxylic acids is 1. The third-order valence-corrected chi connectivity index (χ3v) is 3.10. The van der Waals surface area contributed by atoms with Crippen molar-refractivity contribution in [3.63, 3.8) is 0 Å². The van der Waals surface area contributed by atoms with Crippen LogP contribution in [0.2, 0.25) is 0 Å². The molecule has 1 aliphatic carbocycles. The Balaban J connectivity index is 2.17. The van der Waals surface area contributed by atoms with Gasteiger partial charge in [-0.3, -0.25) is 4.79 Å².